The smallest absolute Gasteiger partial charge is 0.416 e. The Morgan fingerprint density at radius 3 is 1.73 bits per heavy atom. The van der Waals surface area contributed by atoms with E-state index < -0.39 is 35.0 Å². The van der Waals surface area contributed by atoms with Crippen LogP contribution < -0.4 is 0 Å². The van der Waals surface area contributed by atoms with Crippen LogP contribution in [-0.2, 0) is 35.0 Å². The third-order valence-electron chi connectivity index (χ3n) is 11.2. The molecular weight excluding hydrogens is 831 g/mol. The molecule has 2 atom stereocenters. The van der Waals surface area contributed by atoms with E-state index in [1.54, 1.807) is 34.8 Å². The third-order valence-corrected chi connectivity index (χ3v) is 11.2. The first-order valence-electron chi connectivity index (χ1n) is 20.6. The van der Waals surface area contributed by atoms with Gasteiger partial charge in [0, 0.05) is 97.7 Å². The molecule has 336 valence electrons. The number of hydrogen-bond acceptors (Lipinski definition) is 8. The molecule has 0 radical (unpaired) electrons. The molecule has 18 heteroatoms. The van der Waals surface area contributed by atoms with Crippen molar-refractivity contribution in [3.8, 4) is 34.0 Å². The highest BCUT2D eigenvalue weighted by Gasteiger charge is 2.35. The van der Waals surface area contributed by atoms with Crippen molar-refractivity contribution in [2.75, 3.05) is 20.1 Å². The topological polar surface area (TPSA) is 142 Å². The molecule has 0 bridgehead atoms. The van der Waals surface area contributed by atoms with Crippen LogP contribution in [0.1, 0.15) is 68.5 Å². The normalized spacial score (nSPS) is 16.9. The second kappa shape index (κ2) is 17.9. The molecule has 2 N–H and O–H groups in total. The minimum atomic E-state index is -4.54. The van der Waals surface area contributed by atoms with Gasteiger partial charge in [0.1, 0.15) is 11.5 Å². The molecule has 2 fully saturated rings. The Hall–Kier alpha value is -6.20. The molecule has 2 aromatic carbocycles. The van der Waals surface area contributed by atoms with Gasteiger partial charge in [-0.05, 0) is 94.3 Å². The molecule has 8 rings (SSSR count). The summed E-state index contributed by atoms with van der Waals surface area (Å²) in [6, 6.07) is 10.5. The third kappa shape index (κ3) is 9.89. The summed E-state index contributed by atoms with van der Waals surface area (Å²) in [6.45, 7) is 15.4. The summed E-state index contributed by atoms with van der Waals surface area (Å²) in [4.78, 5) is 36.4. The van der Waals surface area contributed by atoms with Crippen LogP contribution in [0.4, 0.5) is 26.3 Å². The van der Waals surface area contributed by atoms with Crippen LogP contribution in [0.2, 0.25) is 0 Å². The molecule has 4 aromatic heterocycles. The van der Waals surface area contributed by atoms with Crippen LogP contribution in [0, 0.1) is 32.6 Å². The van der Waals surface area contributed by atoms with Crippen LogP contribution >= 0.6 is 0 Å². The van der Waals surface area contributed by atoms with Gasteiger partial charge >= 0.3 is 12.4 Å². The highest BCUT2D eigenvalue weighted by molar-refractivity contribution is 5.84. The lowest BCUT2D eigenvalue weighted by Gasteiger charge is -2.21. The van der Waals surface area contributed by atoms with Gasteiger partial charge in [-0.3, -0.25) is 19.0 Å². The van der Waals surface area contributed by atoms with Gasteiger partial charge in [-0.15, -0.1) is 0 Å². The highest BCUT2D eigenvalue weighted by Crippen LogP contribution is 2.40. The van der Waals surface area contributed by atoms with Crippen LogP contribution in [-0.4, -0.2) is 87.5 Å². The van der Waals surface area contributed by atoms with Crippen LogP contribution in [0.5, 0.6) is 11.5 Å². The van der Waals surface area contributed by atoms with E-state index >= 15 is 0 Å². The van der Waals surface area contributed by atoms with E-state index in [0.717, 1.165) is 34.7 Å². The summed E-state index contributed by atoms with van der Waals surface area (Å²) in [7, 11) is 1.77. The summed E-state index contributed by atoms with van der Waals surface area (Å²) in [6.07, 6.45) is -6.29. The van der Waals surface area contributed by atoms with Gasteiger partial charge in [0.15, 0.2) is 11.3 Å². The van der Waals surface area contributed by atoms with Gasteiger partial charge < -0.3 is 20.0 Å². The van der Waals surface area contributed by atoms with E-state index in [2.05, 4.69) is 20.2 Å². The van der Waals surface area contributed by atoms with E-state index in [1.807, 2.05) is 56.5 Å². The van der Waals surface area contributed by atoms with E-state index in [4.69, 9.17) is 0 Å². The van der Waals surface area contributed by atoms with Crippen molar-refractivity contribution in [2.45, 2.75) is 92.8 Å². The van der Waals surface area contributed by atoms with E-state index in [-0.39, 0.29) is 51.9 Å². The average Bonchev–Trinajstić information content (AvgIpc) is 3.94. The van der Waals surface area contributed by atoms with Crippen LogP contribution in [0.25, 0.3) is 44.6 Å². The number of alkyl halides is 6. The fourth-order valence-corrected chi connectivity index (χ4v) is 8.18. The number of halogens is 6. The number of rotatable bonds is 7. The maximum atomic E-state index is 13.0. The van der Waals surface area contributed by atoms with Gasteiger partial charge in [-0.25, -0.2) is 9.97 Å². The van der Waals surface area contributed by atoms with Gasteiger partial charge in [-0.2, -0.15) is 36.5 Å². The van der Waals surface area contributed by atoms with Gasteiger partial charge in [0.2, 0.25) is 11.8 Å². The summed E-state index contributed by atoms with van der Waals surface area (Å²) in [5, 5.41) is 31.1. The number of carbonyl (C=O) groups is 2. The second-order valence-electron chi connectivity index (χ2n) is 16.2. The van der Waals surface area contributed by atoms with Crippen molar-refractivity contribution in [3.05, 3.63) is 82.7 Å². The number of likely N-dealkylation sites (tertiary alicyclic amines) is 2. The molecule has 0 aliphatic carbocycles. The molecule has 0 spiro atoms. The number of hydrogen-bond donors (Lipinski definition) is 2. The summed E-state index contributed by atoms with van der Waals surface area (Å²) in [5.41, 5.74) is 1.73. The molecule has 2 saturated heterocycles. The predicted molar refractivity (Wildman–Crippen MR) is 226 cm³/mol. The lowest BCUT2D eigenvalue weighted by Crippen LogP contribution is -2.32. The Balaban J connectivity index is 0.000000203. The first-order valence-corrected chi connectivity index (χ1v) is 20.6. The Morgan fingerprint density at radius 2 is 1.24 bits per heavy atom. The minimum absolute atomic E-state index is 0.111. The number of aryl methyl sites for hydroxylation is 3. The van der Waals surface area contributed by atoms with Gasteiger partial charge in [0.25, 0.3) is 0 Å². The maximum absolute atomic E-state index is 13.0. The molecule has 6 heterocycles. The van der Waals surface area contributed by atoms with Gasteiger partial charge in [-0.1, -0.05) is 13.8 Å². The molecule has 2 unspecified atom stereocenters. The van der Waals surface area contributed by atoms with Gasteiger partial charge in [0.05, 0.1) is 22.5 Å². The molecule has 2 amide bonds. The molecule has 2 aliphatic rings. The second-order valence-corrected chi connectivity index (χ2v) is 16.2. The van der Waals surface area contributed by atoms with Crippen molar-refractivity contribution < 1.29 is 46.1 Å². The Morgan fingerprint density at radius 1 is 0.714 bits per heavy atom. The zero-order valence-electron chi connectivity index (χ0n) is 36.2. The lowest BCUT2D eigenvalue weighted by molar-refractivity contribution is -0.138. The fraction of sp³-hybridized carbons (Fsp3) is 0.422. The van der Waals surface area contributed by atoms with E-state index in [9.17, 15) is 46.1 Å². The largest absolute Gasteiger partial charge is 0.507 e. The molecule has 2 aliphatic heterocycles. The number of fused-ring (bicyclic) bond motifs is 2. The fourth-order valence-electron chi connectivity index (χ4n) is 8.18. The quantitative estimate of drug-likeness (QED) is 0.151. The maximum Gasteiger partial charge on any atom is 0.416 e. The van der Waals surface area contributed by atoms with Crippen LogP contribution in [0.3, 0.4) is 0 Å². The lowest BCUT2D eigenvalue weighted by atomic mass is 10.00. The number of phenols is 2. The molecular formula is C45H50F6N8O4. The van der Waals surface area contributed by atoms with Crippen molar-refractivity contribution in [1.29, 1.82) is 0 Å². The van der Waals surface area contributed by atoms with Crippen molar-refractivity contribution >= 4 is 33.9 Å². The van der Waals surface area contributed by atoms with Crippen molar-refractivity contribution in [3.63, 3.8) is 0 Å². The average molecular weight is 881 g/mol. The summed E-state index contributed by atoms with van der Waals surface area (Å²) < 4.78 is 81.5. The number of carbonyl (C=O) groups excluding carboxylic acids is 2. The Labute approximate surface area is 360 Å². The number of nitrogens with zero attached hydrogens (tertiary/aromatic N) is 8. The predicted octanol–water partition coefficient (Wildman–Crippen LogP) is 9.33. The molecule has 0 saturated carbocycles. The summed E-state index contributed by atoms with van der Waals surface area (Å²) >= 11 is 0. The number of aromatic hydroxyl groups is 2. The molecule has 6 aromatic rings. The van der Waals surface area contributed by atoms with Crippen molar-refractivity contribution in [2.24, 2.45) is 11.8 Å². The number of pyridine rings is 2. The Kier molecular flexibility index (Phi) is 13.1. The molecule has 12 nitrogen and oxygen atoms in total. The monoisotopic (exact) mass is 880 g/mol. The zero-order chi connectivity index (χ0) is 46.3. The SMILES string of the molecule is CC.Cc1cc(C(F)(F)F)cc(O)c1-c1ccc2c(C)n(CC3CC(=O)N(C(C)C)C3)nc2n1.Cc1cc(C(F)(F)F)cc(O)c1-c1ccc2cn(CC3CC(=O)N(C)C3)nc2n1. The zero-order valence-corrected chi connectivity index (χ0v) is 36.2. The molecule has 63 heavy (non-hydrogen) atoms. The number of benzene rings is 2. The number of aromatic nitrogens is 6. The first kappa shape index (κ1) is 46.3. The summed E-state index contributed by atoms with van der Waals surface area (Å²) in [5.74, 6) is -0.371. The number of phenolic OH excluding ortho intramolecular Hbond substituents is 2. The number of amides is 2. The van der Waals surface area contributed by atoms with E-state index in [0.29, 0.717) is 67.8 Å². The van der Waals surface area contributed by atoms with Crippen LogP contribution in [0.15, 0.2) is 54.7 Å². The highest BCUT2D eigenvalue weighted by atomic mass is 19.4. The standard InChI is InChI=1S/C23H25F3N4O2.C20H19F3N4O2.C2H6/c1-12(2)29-10-15(8-20(29)32)11-30-14(4)17-5-6-18(27-22(17)28-30)21-13(3)7-16(9-19(21)31)23(24,25)26;1-11-5-14(20(21,22)23)7-16(28)18(11)15-4-3-13-10-27(25-19(13)24-15)9-12-6-17(29)26(2)8-12;1-2/h5-7,9,12,15,31H,8,10-11H2,1-4H3;3-5,7,10,12,28H,6,8-9H2,1-2H3;1-2H3. The Bertz CT molecular complexity index is 2620. The van der Waals surface area contributed by atoms with E-state index in [1.165, 1.54) is 13.8 Å². The first-order chi connectivity index (χ1) is 29.6. The van der Waals surface area contributed by atoms with Crippen molar-refractivity contribution in [1.82, 2.24) is 39.3 Å². The minimum Gasteiger partial charge on any atom is -0.507 e.